The van der Waals surface area contributed by atoms with Gasteiger partial charge >= 0.3 is 0 Å². The van der Waals surface area contributed by atoms with Crippen molar-refractivity contribution in [2.24, 2.45) is 11.8 Å². The number of nitrogens with one attached hydrogen (secondary N) is 1. The Kier molecular flexibility index (Phi) is 5.08. The van der Waals surface area contributed by atoms with E-state index in [4.69, 9.17) is 4.74 Å². The third-order valence-corrected chi connectivity index (χ3v) is 5.53. The molecule has 1 N–H and O–H groups in total. The van der Waals surface area contributed by atoms with E-state index in [0.717, 1.165) is 11.8 Å². The summed E-state index contributed by atoms with van der Waals surface area (Å²) in [5, 5.41) is 3.62. The van der Waals surface area contributed by atoms with Crippen LogP contribution in [0.1, 0.15) is 64.7 Å². The summed E-state index contributed by atoms with van der Waals surface area (Å²) in [5.41, 5.74) is 0.114. The molecule has 2 nitrogen and oxygen atoms in total. The normalized spacial score (nSPS) is 36.5. The Morgan fingerprint density at radius 2 is 1.67 bits per heavy atom. The standard InChI is InChI=1S/C16H31NO/c1-13-9-11-16(18-3,12-10-13)15(17-2)14-7-5-4-6-8-14/h13-15,17H,4-12H2,1-3H3. The highest BCUT2D eigenvalue weighted by Gasteiger charge is 2.44. The number of hydrogen-bond donors (Lipinski definition) is 1. The van der Waals surface area contributed by atoms with Crippen molar-refractivity contribution in [3.8, 4) is 0 Å². The van der Waals surface area contributed by atoms with Crippen molar-refractivity contribution in [1.29, 1.82) is 0 Å². The van der Waals surface area contributed by atoms with Crippen LogP contribution >= 0.6 is 0 Å². The highest BCUT2D eigenvalue weighted by atomic mass is 16.5. The van der Waals surface area contributed by atoms with Crippen molar-refractivity contribution in [2.45, 2.75) is 76.4 Å². The smallest absolute Gasteiger partial charge is 0.0833 e. The molecule has 0 heterocycles. The molecule has 1 atom stereocenters. The average molecular weight is 253 g/mol. The lowest BCUT2D eigenvalue weighted by molar-refractivity contribution is -0.0899. The van der Waals surface area contributed by atoms with Gasteiger partial charge in [-0.3, -0.25) is 0 Å². The van der Waals surface area contributed by atoms with Crippen LogP contribution in [0.4, 0.5) is 0 Å². The molecule has 106 valence electrons. The molecule has 1 unspecified atom stereocenters. The summed E-state index contributed by atoms with van der Waals surface area (Å²) in [7, 11) is 4.07. The van der Waals surface area contributed by atoms with Crippen LogP contribution in [-0.4, -0.2) is 25.8 Å². The topological polar surface area (TPSA) is 21.3 Å². The molecule has 0 radical (unpaired) electrons. The molecule has 2 aliphatic carbocycles. The van der Waals surface area contributed by atoms with Gasteiger partial charge in [0.2, 0.25) is 0 Å². The van der Waals surface area contributed by atoms with Crippen LogP contribution in [0.3, 0.4) is 0 Å². The third-order valence-electron chi connectivity index (χ3n) is 5.53. The number of ether oxygens (including phenoxy) is 1. The molecular formula is C16H31NO. The lowest BCUT2D eigenvalue weighted by Gasteiger charge is -2.47. The van der Waals surface area contributed by atoms with Gasteiger partial charge in [0.15, 0.2) is 0 Å². The highest BCUT2D eigenvalue weighted by molar-refractivity contribution is 4.99. The fraction of sp³-hybridized carbons (Fsp3) is 1.00. The zero-order chi connectivity index (χ0) is 13.0. The molecule has 0 aromatic carbocycles. The zero-order valence-corrected chi connectivity index (χ0v) is 12.5. The van der Waals surface area contributed by atoms with Crippen molar-refractivity contribution in [3.05, 3.63) is 0 Å². The van der Waals surface area contributed by atoms with Gasteiger partial charge in [-0.25, -0.2) is 0 Å². The Morgan fingerprint density at radius 3 is 2.17 bits per heavy atom. The van der Waals surface area contributed by atoms with Crippen LogP contribution in [0, 0.1) is 11.8 Å². The second-order valence-electron chi connectivity index (χ2n) is 6.62. The minimum atomic E-state index is 0.114. The van der Waals surface area contributed by atoms with Gasteiger partial charge in [-0.1, -0.05) is 26.2 Å². The first-order valence-electron chi connectivity index (χ1n) is 7.94. The van der Waals surface area contributed by atoms with E-state index in [9.17, 15) is 0 Å². The fourth-order valence-electron chi connectivity index (χ4n) is 4.29. The summed E-state index contributed by atoms with van der Waals surface area (Å²) in [6.07, 6.45) is 12.2. The van der Waals surface area contributed by atoms with E-state index < -0.39 is 0 Å². The SMILES string of the molecule is CNC(C1CCCCC1)C1(OC)CCC(C)CC1. The molecule has 0 aliphatic heterocycles. The number of hydrogen-bond acceptors (Lipinski definition) is 2. The van der Waals surface area contributed by atoms with Crippen LogP contribution in [0.25, 0.3) is 0 Å². The number of likely N-dealkylation sites (N-methyl/N-ethyl adjacent to an activating group) is 1. The zero-order valence-electron chi connectivity index (χ0n) is 12.5. The minimum Gasteiger partial charge on any atom is -0.377 e. The molecule has 2 fully saturated rings. The highest BCUT2D eigenvalue weighted by Crippen LogP contribution is 2.41. The van der Waals surface area contributed by atoms with E-state index in [1.54, 1.807) is 0 Å². The minimum absolute atomic E-state index is 0.114. The van der Waals surface area contributed by atoms with Crippen molar-refractivity contribution in [2.75, 3.05) is 14.2 Å². The van der Waals surface area contributed by atoms with E-state index in [-0.39, 0.29) is 5.60 Å². The Balaban J connectivity index is 2.07. The maximum absolute atomic E-state index is 6.07. The quantitative estimate of drug-likeness (QED) is 0.824. The Bertz CT molecular complexity index is 239. The molecule has 18 heavy (non-hydrogen) atoms. The van der Waals surface area contributed by atoms with E-state index in [0.29, 0.717) is 6.04 Å². The van der Waals surface area contributed by atoms with E-state index >= 15 is 0 Å². The molecule has 0 bridgehead atoms. The van der Waals surface area contributed by atoms with Gasteiger partial charge in [-0.05, 0) is 57.4 Å². The number of rotatable bonds is 4. The van der Waals surface area contributed by atoms with Gasteiger partial charge < -0.3 is 10.1 Å². The van der Waals surface area contributed by atoms with Crippen molar-refractivity contribution >= 4 is 0 Å². The van der Waals surface area contributed by atoms with Gasteiger partial charge in [-0.2, -0.15) is 0 Å². The van der Waals surface area contributed by atoms with Crippen LogP contribution in [0.15, 0.2) is 0 Å². The molecular weight excluding hydrogens is 222 g/mol. The monoisotopic (exact) mass is 253 g/mol. The van der Waals surface area contributed by atoms with Gasteiger partial charge in [0, 0.05) is 13.2 Å². The van der Waals surface area contributed by atoms with Crippen LogP contribution < -0.4 is 5.32 Å². The van der Waals surface area contributed by atoms with E-state index in [2.05, 4.69) is 19.3 Å². The largest absolute Gasteiger partial charge is 0.377 e. The lowest BCUT2D eigenvalue weighted by Crippen LogP contribution is -2.56. The first-order valence-corrected chi connectivity index (χ1v) is 7.94. The second kappa shape index (κ2) is 6.38. The molecule has 0 aromatic rings. The summed E-state index contributed by atoms with van der Waals surface area (Å²) >= 11 is 0. The van der Waals surface area contributed by atoms with Crippen LogP contribution in [0.2, 0.25) is 0 Å². The molecule has 0 saturated heterocycles. The lowest BCUT2D eigenvalue weighted by atomic mass is 9.69. The van der Waals surface area contributed by atoms with Gasteiger partial charge in [-0.15, -0.1) is 0 Å². The number of methoxy groups -OCH3 is 1. The second-order valence-corrected chi connectivity index (χ2v) is 6.62. The molecule has 2 saturated carbocycles. The van der Waals surface area contributed by atoms with Gasteiger partial charge in [0.25, 0.3) is 0 Å². The van der Waals surface area contributed by atoms with Gasteiger partial charge in [0.05, 0.1) is 5.60 Å². The maximum Gasteiger partial charge on any atom is 0.0833 e. The predicted octanol–water partition coefficient (Wildman–Crippen LogP) is 3.75. The Morgan fingerprint density at radius 1 is 1.06 bits per heavy atom. The summed E-state index contributed by atoms with van der Waals surface area (Å²) in [4.78, 5) is 0. The van der Waals surface area contributed by atoms with Crippen LogP contribution in [-0.2, 0) is 4.74 Å². The van der Waals surface area contributed by atoms with Crippen molar-refractivity contribution in [3.63, 3.8) is 0 Å². The van der Waals surface area contributed by atoms with Gasteiger partial charge in [0.1, 0.15) is 0 Å². The Labute approximate surface area is 113 Å². The summed E-state index contributed by atoms with van der Waals surface area (Å²) in [5.74, 6) is 1.72. The predicted molar refractivity (Wildman–Crippen MR) is 76.8 cm³/mol. The molecule has 0 spiro atoms. The van der Waals surface area contributed by atoms with E-state index in [1.165, 1.54) is 57.8 Å². The van der Waals surface area contributed by atoms with Crippen molar-refractivity contribution < 1.29 is 4.74 Å². The summed E-state index contributed by atoms with van der Waals surface area (Å²) < 4.78 is 6.07. The molecule has 2 heteroatoms. The molecule has 0 amide bonds. The molecule has 0 aromatic heterocycles. The Hall–Kier alpha value is -0.0800. The first-order chi connectivity index (χ1) is 8.72. The third kappa shape index (κ3) is 2.91. The summed E-state index contributed by atoms with van der Waals surface area (Å²) in [6, 6.07) is 0.565. The average Bonchev–Trinajstić information content (AvgIpc) is 2.43. The first kappa shape index (κ1) is 14.3. The molecule has 2 aliphatic rings. The van der Waals surface area contributed by atoms with Crippen LogP contribution in [0.5, 0.6) is 0 Å². The summed E-state index contributed by atoms with van der Waals surface area (Å²) in [6.45, 7) is 2.38. The molecule has 2 rings (SSSR count). The van der Waals surface area contributed by atoms with E-state index in [1.807, 2.05) is 7.11 Å². The fourth-order valence-corrected chi connectivity index (χ4v) is 4.29. The maximum atomic E-state index is 6.07. The van der Waals surface area contributed by atoms with Crippen molar-refractivity contribution in [1.82, 2.24) is 5.32 Å².